The van der Waals surface area contributed by atoms with Gasteiger partial charge in [0.15, 0.2) is 0 Å². The highest BCUT2D eigenvalue weighted by Gasteiger charge is 2.44. The van der Waals surface area contributed by atoms with Crippen LogP contribution in [0.5, 0.6) is 0 Å². The van der Waals surface area contributed by atoms with E-state index >= 15 is 0 Å². The summed E-state index contributed by atoms with van der Waals surface area (Å²) in [5.74, 6) is 0.0252. The van der Waals surface area contributed by atoms with Gasteiger partial charge in [-0.05, 0) is 25.7 Å². The highest BCUT2D eigenvalue weighted by Crippen LogP contribution is 2.39. The first-order chi connectivity index (χ1) is 10.0. The number of nitrogens with one attached hydrogen (secondary N) is 1. The summed E-state index contributed by atoms with van der Waals surface area (Å²) < 4.78 is 0. The van der Waals surface area contributed by atoms with Crippen molar-refractivity contribution in [2.45, 2.75) is 52.4 Å². The summed E-state index contributed by atoms with van der Waals surface area (Å²) in [7, 11) is 0. The summed E-state index contributed by atoms with van der Waals surface area (Å²) in [5, 5.41) is 10.8. The number of carbonyl (C=O) groups is 1. The highest BCUT2D eigenvalue weighted by atomic mass is 32.1. The predicted molar refractivity (Wildman–Crippen MR) is 84.9 cm³/mol. The number of thiocarbonyl (C=S) groups is 1. The Balaban J connectivity index is 2.21. The zero-order valence-corrected chi connectivity index (χ0v) is 13.3. The summed E-state index contributed by atoms with van der Waals surface area (Å²) in [5.41, 5.74) is 6.77. The Labute approximate surface area is 129 Å². The van der Waals surface area contributed by atoms with Crippen LogP contribution in [-0.4, -0.2) is 26.1 Å². The largest absolute Gasteiger partial charge is 0.392 e. The molecule has 0 aliphatic heterocycles. The summed E-state index contributed by atoms with van der Waals surface area (Å²) >= 11 is 5.11. The minimum absolute atomic E-state index is 0.208. The third kappa shape index (κ3) is 3.02. The second kappa shape index (κ2) is 6.43. The first-order valence-electron chi connectivity index (χ1n) is 7.37. The Morgan fingerprint density at radius 2 is 1.86 bits per heavy atom. The number of aromatic nitrogens is 3. The lowest BCUT2D eigenvalue weighted by molar-refractivity contribution is -0.122. The molecule has 1 aromatic heterocycles. The van der Waals surface area contributed by atoms with Gasteiger partial charge < -0.3 is 5.73 Å². The van der Waals surface area contributed by atoms with Crippen molar-refractivity contribution in [2.75, 3.05) is 5.32 Å². The monoisotopic (exact) mass is 307 g/mol. The molecule has 0 radical (unpaired) electrons. The van der Waals surface area contributed by atoms with Gasteiger partial charge in [-0.15, -0.1) is 10.2 Å². The lowest BCUT2D eigenvalue weighted by Crippen LogP contribution is -2.44. The second-order valence-corrected chi connectivity index (χ2v) is 5.78. The van der Waals surface area contributed by atoms with Gasteiger partial charge in [0.25, 0.3) is 0 Å². The van der Waals surface area contributed by atoms with Crippen molar-refractivity contribution >= 4 is 29.1 Å². The molecule has 0 unspecified atom stereocenters. The number of hydrogen-bond donors (Lipinski definition) is 2. The van der Waals surface area contributed by atoms with Crippen LogP contribution >= 0.6 is 12.2 Å². The zero-order valence-electron chi connectivity index (χ0n) is 12.5. The van der Waals surface area contributed by atoms with Crippen molar-refractivity contribution in [3.8, 4) is 0 Å². The Bertz CT molecular complexity index is 554. The second-order valence-electron chi connectivity index (χ2n) is 5.34. The van der Waals surface area contributed by atoms with E-state index in [9.17, 15) is 4.79 Å². The average Bonchev–Trinajstić information content (AvgIpc) is 2.98. The van der Waals surface area contributed by atoms with E-state index in [1.807, 2.05) is 13.8 Å². The van der Waals surface area contributed by atoms with Crippen LogP contribution in [0.2, 0.25) is 0 Å². The third-order valence-electron chi connectivity index (χ3n) is 4.10. The molecular formula is C14H21N5OS. The molecule has 1 amide bonds. The maximum absolute atomic E-state index is 12.5. The molecule has 2 rings (SSSR count). The zero-order chi connectivity index (χ0) is 15.5. The number of anilines is 1. The van der Waals surface area contributed by atoms with Gasteiger partial charge in [0.1, 0.15) is 0 Å². The van der Waals surface area contributed by atoms with Gasteiger partial charge in [0, 0.05) is 0 Å². The molecule has 0 atom stereocenters. The Morgan fingerprint density at radius 1 is 1.24 bits per heavy atom. The van der Waals surface area contributed by atoms with E-state index < -0.39 is 5.41 Å². The van der Waals surface area contributed by atoms with E-state index in [0.29, 0.717) is 12.8 Å². The van der Waals surface area contributed by atoms with Crippen LogP contribution in [0, 0.1) is 5.41 Å². The molecule has 21 heavy (non-hydrogen) atoms. The highest BCUT2D eigenvalue weighted by molar-refractivity contribution is 7.80. The van der Waals surface area contributed by atoms with Crippen LogP contribution in [-0.2, 0) is 17.6 Å². The maximum atomic E-state index is 12.5. The van der Waals surface area contributed by atoms with Crippen molar-refractivity contribution in [1.29, 1.82) is 0 Å². The normalized spacial score (nSPS) is 16.7. The number of amides is 1. The lowest BCUT2D eigenvalue weighted by Gasteiger charge is -2.25. The SMILES string of the molecule is CCc1nnc(NC(=O)C2(C(N)=S)CCCC2)nc1CC. The van der Waals surface area contributed by atoms with Gasteiger partial charge in [0.05, 0.1) is 21.8 Å². The fourth-order valence-corrected chi connectivity index (χ4v) is 3.07. The van der Waals surface area contributed by atoms with Gasteiger partial charge in [-0.1, -0.05) is 38.9 Å². The molecule has 1 saturated carbocycles. The van der Waals surface area contributed by atoms with Gasteiger partial charge in [0.2, 0.25) is 11.9 Å². The van der Waals surface area contributed by atoms with Gasteiger partial charge in [-0.3, -0.25) is 10.1 Å². The van der Waals surface area contributed by atoms with Crippen molar-refractivity contribution in [3.05, 3.63) is 11.4 Å². The molecule has 0 bridgehead atoms. The van der Waals surface area contributed by atoms with Crippen LogP contribution in [0.15, 0.2) is 0 Å². The number of carbonyl (C=O) groups excluding carboxylic acids is 1. The lowest BCUT2D eigenvalue weighted by atomic mass is 9.85. The number of nitrogens with zero attached hydrogens (tertiary/aromatic N) is 3. The fraction of sp³-hybridized carbons (Fsp3) is 0.643. The standard InChI is InChI=1S/C14H21N5OS/c1-3-9-10(4-2)18-19-13(16-9)17-12(20)14(11(15)21)7-5-6-8-14/h3-8H2,1-2H3,(H2,15,21)(H,16,17,19,20). The molecule has 3 N–H and O–H groups in total. The van der Waals surface area contributed by atoms with Crippen LogP contribution in [0.3, 0.4) is 0 Å². The molecule has 1 aromatic rings. The molecule has 6 nitrogen and oxygen atoms in total. The molecule has 1 fully saturated rings. The first kappa shape index (κ1) is 15.8. The van der Waals surface area contributed by atoms with Crippen LogP contribution in [0.1, 0.15) is 50.9 Å². The summed E-state index contributed by atoms with van der Waals surface area (Å²) in [4.78, 5) is 17.2. The Kier molecular flexibility index (Phi) is 4.82. The topological polar surface area (TPSA) is 93.8 Å². The number of hydrogen-bond acceptors (Lipinski definition) is 5. The van der Waals surface area contributed by atoms with E-state index in [4.69, 9.17) is 18.0 Å². The number of aryl methyl sites for hydroxylation is 2. The summed E-state index contributed by atoms with van der Waals surface area (Å²) in [6, 6.07) is 0. The molecule has 0 saturated heterocycles. The van der Waals surface area contributed by atoms with Crippen molar-refractivity contribution in [3.63, 3.8) is 0 Å². The molecule has 1 aliphatic rings. The molecule has 1 aliphatic carbocycles. The molecule has 0 spiro atoms. The van der Waals surface area contributed by atoms with E-state index in [1.165, 1.54) is 0 Å². The predicted octanol–water partition coefficient (Wildman–Crippen LogP) is 1.78. The Hall–Kier alpha value is -1.63. The number of nitrogens with two attached hydrogens (primary N) is 1. The van der Waals surface area contributed by atoms with Crippen LogP contribution < -0.4 is 11.1 Å². The average molecular weight is 307 g/mol. The van der Waals surface area contributed by atoms with Crippen molar-refractivity contribution in [1.82, 2.24) is 15.2 Å². The molecule has 7 heteroatoms. The van der Waals surface area contributed by atoms with E-state index in [0.717, 1.165) is 37.1 Å². The maximum Gasteiger partial charge on any atom is 0.249 e. The van der Waals surface area contributed by atoms with Crippen LogP contribution in [0.4, 0.5) is 5.95 Å². The van der Waals surface area contributed by atoms with Gasteiger partial charge in [-0.25, -0.2) is 4.98 Å². The van der Waals surface area contributed by atoms with Crippen molar-refractivity contribution in [2.24, 2.45) is 11.1 Å². The summed E-state index contributed by atoms with van der Waals surface area (Å²) in [6.45, 7) is 4.01. The molecular weight excluding hydrogens is 286 g/mol. The quantitative estimate of drug-likeness (QED) is 0.805. The number of rotatable bonds is 5. The van der Waals surface area contributed by atoms with Crippen LogP contribution in [0.25, 0.3) is 0 Å². The van der Waals surface area contributed by atoms with Gasteiger partial charge in [-0.2, -0.15) is 0 Å². The van der Waals surface area contributed by atoms with Crippen molar-refractivity contribution < 1.29 is 4.79 Å². The summed E-state index contributed by atoms with van der Waals surface area (Å²) in [6.07, 6.45) is 4.82. The Morgan fingerprint density at radius 3 is 2.38 bits per heavy atom. The van der Waals surface area contributed by atoms with Gasteiger partial charge >= 0.3 is 0 Å². The van der Waals surface area contributed by atoms with E-state index in [1.54, 1.807) is 0 Å². The fourth-order valence-electron chi connectivity index (χ4n) is 2.78. The van der Waals surface area contributed by atoms with E-state index in [-0.39, 0.29) is 16.8 Å². The molecule has 1 heterocycles. The minimum atomic E-state index is -0.755. The minimum Gasteiger partial charge on any atom is -0.392 e. The first-order valence-corrected chi connectivity index (χ1v) is 7.78. The molecule has 0 aromatic carbocycles. The smallest absolute Gasteiger partial charge is 0.249 e. The third-order valence-corrected chi connectivity index (χ3v) is 4.49. The van der Waals surface area contributed by atoms with E-state index in [2.05, 4.69) is 20.5 Å². The molecule has 114 valence electrons.